The van der Waals surface area contributed by atoms with Crippen LogP contribution in [-0.4, -0.2) is 27.7 Å². The third-order valence-electron chi connectivity index (χ3n) is 5.91. The number of nitrogens with zero attached hydrogens (tertiary/aromatic N) is 1. The number of Topliss-reactive ketones (excluding diaryl/α,β-unsaturated/α-hetero) is 2. The van der Waals surface area contributed by atoms with E-state index < -0.39 is 22.9 Å². The number of ether oxygens (including phenoxy) is 1. The molecule has 1 spiro atoms. The van der Waals surface area contributed by atoms with Crippen LogP contribution in [0.15, 0.2) is 52.5 Å². The highest BCUT2D eigenvalue weighted by atomic mass is 79.9. The first-order chi connectivity index (χ1) is 14.4. The Labute approximate surface area is 178 Å². The van der Waals surface area contributed by atoms with E-state index in [2.05, 4.69) is 31.4 Å². The van der Waals surface area contributed by atoms with Crippen LogP contribution in [0.5, 0.6) is 5.88 Å². The second-order valence-corrected chi connectivity index (χ2v) is 8.35. The number of anilines is 1. The Morgan fingerprint density at radius 1 is 1.03 bits per heavy atom. The molecule has 0 bridgehead atoms. The van der Waals surface area contributed by atoms with Gasteiger partial charge in [-0.25, -0.2) is 0 Å². The molecule has 3 aliphatic rings. The van der Waals surface area contributed by atoms with Gasteiger partial charge in [0.2, 0.25) is 23.4 Å². The predicted octanol–water partition coefficient (Wildman–Crippen LogP) is 3.29. The summed E-state index contributed by atoms with van der Waals surface area (Å²) in [5, 5.41) is 9.99. The summed E-state index contributed by atoms with van der Waals surface area (Å²) in [5.74, 6) is -1.41. The summed E-state index contributed by atoms with van der Waals surface area (Å²) in [6.07, 6.45) is 0. The topological polar surface area (TPSA) is 101 Å². The summed E-state index contributed by atoms with van der Waals surface area (Å²) in [5.41, 5.74) is 1.40. The highest BCUT2D eigenvalue weighted by molar-refractivity contribution is 9.10. The van der Waals surface area contributed by atoms with Crippen LogP contribution in [0, 0.1) is 6.92 Å². The van der Waals surface area contributed by atoms with Crippen LogP contribution in [0.4, 0.5) is 5.69 Å². The zero-order valence-corrected chi connectivity index (χ0v) is 17.1. The van der Waals surface area contributed by atoms with Crippen molar-refractivity contribution < 1.29 is 19.1 Å². The molecule has 30 heavy (non-hydrogen) atoms. The molecule has 3 aromatic rings. The van der Waals surface area contributed by atoms with E-state index in [4.69, 9.17) is 4.74 Å². The third kappa shape index (κ3) is 1.85. The van der Waals surface area contributed by atoms with Crippen LogP contribution >= 0.6 is 15.9 Å². The standard InChI is InChI=1S/C22H12BrN3O4/c1-9-15-20(26-25-9)30-19-12-5-3-2-4-11(12)17(27)18(28)16(19)22(15)13-7-6-10(23)8-14(13)24-21(22)29/h2-8H,1H3,(H,24,29)(H,25,26). The molecule has 8 heteroatoms. The highest BCUT2D eigenvalue weighted by Gasteiger charge is 2.61. The van der Waals surface area contributed by atoms with Gasteiger partial charge in [-0.15, -0.1) is 5.10 Å². The quantitative estimate of drug-likeness (QED) is 0.500. The van der Waals surface area contributed by atoms with E-state index in [0.29, 0.717) is 28.1 Å². The zero-order chi connectivity index (χ0) is 20.8. The molecule has 0 saturated heterocycles. The van der Waals surface area contributed by atoms with Crippen molar-refractivity contribution >= 4 is 44.9 Å². The molecule has 146 valence electrons. The Hall–Kier alpha value is -3.52. The van der Waals surface area contributed by atoms with E-state index in [1.54, 1.807) is 49.4 Å². The van der Waals surface area contributed by atoms with Gasteiger partial charge in [0, 0.05) is 32.5 Å². The molecule has 1 unspecified atom stereocenters. The van der Waals surface area contributed by atoms with Crippen LogP contribution in [-0.2, 0) is 15.0 Å². The average Bonchev–Trinajstić information content (AvgIpc) is 3.24. The lowest BCUT2D eigenvalue weighted by Gasteiger charge is -2.37. The van der Waals surface area contributed by atoms with Crippen LogP contribution in [0.2, 0.25) is 0 Å². The molecule has 3 heterocycles. The van der Waals surface area contributed by atoms with Crippen LogP contribution in [0.25, 0.3) is 5.76 Å². The first-order valence-electron chi connectivity index (χ1n) is 9.22. The lowest BCUT2D eigenvalue weighted by molar-refractivity contribution is -0.121. The van der Waals surface area contributed by atoms with Gasteiger partial charge in [-0.3, -0.25) is 19.5 Å². The van der Waals surface area contributed by atoms with Crippen molar-refractivity contribution in [2.24, 2.45) is 0 Å². The highest BCUT2D eigenvalue weighted by Crippen LogP contribution is 2.57. The number of hydrogen-bond acceptors (Lipinski definition) is 5. The summed E-state index contributed by atoms with van der Waals surface area (Å²) in [6.45, 7) is 1.76. The number of hydrogen-bond donors (Lipinski definition) is 2. The molecular formula is C22H12BrN3O4. The summed E-state index contributed by atoms with van der Waals surface area (Å²) in [6, 6.07) is 12.1. The number of nitrogens with one attached hydrogen (secondary N) is 2. The van der Waals surface area contributed by atoms with E-state index in [1.807, 2.05) is 0 Å². The molecule has 7 nitrogen and oxygen atoms in total. The number of fused-ring (bicyclic) bond motifs is 7. The van der Waals surface area contributed by atoms with Gasteiger partial charge in [-0.05, 0) is 19.1 Å². The molecule has 2 aromatic carbocycles. The van der Waals surface area contributed by atoms with Gasteiger partial charge in [0.1, 0.15) is 11.2 Å². The van der Waals surface area contributed by atoms with Gasteiger partial charge in [0.15, 0.2) is 0 Å². The minimum Gasteiger partial charge on any atom is -0.436 e. The van der Waals surface area contributed by atoms with E-state index in [0.717, 1.165) is 4.47 Å². The maximum absolute atomic E-state index is 13.6. The van der Waals surface area contributed by atoms with Crippen molar-refractivity contribution in [3.63, 3.8) is 0 Å². The van der Waals surface area contributed by atoms with Crippen LogP contribution < -0.4 is 10.1 Å². The number of H-pyrrole nitrogens is 1. The lowest BCUT2D eigenvalue weighted by Crippen LogP contribution is -2.47. The number of aromatic nitrogens is 2. The van der Waals surface area contributed by atoms with Gasteiger partial charge in [0.05, 0.1) is 11.1 Å². The van der Waals surface area contributed by atoms with Crippen molar-refractivity contribution in [3.8, 4) is 5.88 Å². The maximum atomic E-state index is 13.6. The summed E-state index contributed by atoms with van der Waals surface area (Å²) >= 11 is 3.42. The fraction of sp³-hybridized carbons (Fsp3) is 0.0909. The molecule has 1 amide bonds. The Kier molecular flexibility index (Phi) is 3.21. The Morgan fingerprint density at radius 3 is 2.60 bits per heavy atom. The van der Waals surface area contributed by atoms with Crippen LogP contribution in [0.3, 0.4) is 0 Å². The van der Waals surface area contributed by atoms with Crippen molar-refractivity contribution in [1.29, 1.82) is 0 Å². The van der Waals surface area contributed by atoms with Crippen LogP contribution in [0.1, 0.15) is 32.7 Å². The molecule has 0 saturated carbocycles. The molecule has 0 fully saturated rings. The number of amides is 1. The minimum absolute atomic E-state index is 0.0294. The third-order valence-corrected chi connectivity index (χ3v) is 6.41. The van der Waals surface area contributed by atoms with E-state index in [-0.39, 0.29) is 22.8 Å². The number of rotatable bonds is 0. The molecule has 6 rings (SSSR count). The number of benzene rings is 2. The van der Waals surface area contributed by atoms with E-state index in [1.165, 1.54) is 0 Å². The van der Waals surface area contributed by atoms with Crippen molar-refractivity contribution in [1.82, 2.24) is 10.2 Å². The average molecular weight is 462 g/mol. The number of carbonyl (C=O) groups excluding carboxylic acids is 3. The van der Waals surface area contributed by atoms with Gasteiger partial charge in [0.25, 0.3) is 0 Å². The van der Waals surface area contributed by atoms with Crippen molar-refractivity contribution in [2.75, 3.05) is 5.32 Å². The van der Waals surface area contributed by atoms with E-state index >= 15 is 0 Å². The second kappa shape index (κ2) is 5.54. The van der Waals surface area contributed by atoms with E-state index in [9.17, 15) is 14.4 Å². The minimum atomic E-state index is -1.53. The molecule has 0 radical (unpaired) electrons. The van der Waals surface area contributed by atoms with Gasteiger partial charge in [-0.1, -0.05) is 46.3 Å². The first kappa shape index (κ1) is 17.3. The number of halogens is 1. The van der Waals surface area contributed by atoms with Crippen molar-refractivity contribution in [3.05, 3.63) is 80.5 Å². The summed E-state index contributed by atoms with van der Waals surface area (Å²) < 4.78 is 6.83. The summed E-state index contributed by atoms with van der Waals surface area (Å²) in [7, 11) is 0. The maximum Gasteiger partial charge on any atom is 0.244 e. The normalized spacial score (nSPS) is 21.1. The Morgan fingerprint density at radius 2 is 1.80 bits per heavy atom. The van der Waals surface area contributed by atoms with Gasteiger partial charge >= 0.3 is 0 Å². The molecule has 1 atom stereocenters. The predicted molar refractivity (Wildman–Crippen MR) is 110 cm³/mol. The van der Waals surface area contributed by atoms with Gasteiger partial charge in [-0.2, -0.15) is 0 Å². The largest absolute Gasteiger partial charge is 0.436 e. The monoisotopic (exact) mass is 461 g/mol. The Bertz CT molecular complexity index is 1390. The first-order valence-corrected chi connectivity index (χ1v) is 10.0. The molecule has 1 aliphatic carbocycles. The molecule has 2 N–H and O–H groups in total. The fourth-order valence-corrected chi connectivity index (χ4v) is 5.09. The SMILES string of the molecule is Cc1[nH]nc2c1C1(C(=O)Nc3cc(Br)ccc31)C1=C(O2)c2ccccc2C(=O)C1=O. The Balaban J connectivity index is 1.80. The second-order valence-electron chi connectivity index (χ2n) is 7.43. The lowest BCUT2D eigenvalue weighted by atomic mass is 9.64. The fourth-order valence-electron chi connectivity index (χ4n) is 4.73. The smallest absolute Gasteiger partial charge is 0.244 e. The number of aromatic amines is 1. The summed E-state index contributed by atoms with van der Waals surface area (Å²) in [4.78, 5) is 40.1. The molecule has 1 aromatic heterocycles. The molecule has 2 aliphatic heterocycles. The van der Waals surface area contributed by atoms with Crippen molar-refractivity contribution in [2.45, 2.75) is 12.3 Å². The number of aryl methyl sites for hydroxylation is 1. The number of ketones is 2. The number of carbonyl (C=O) groups is 3. The zero-order valence-electron chi connectivity index (χ0n) is 15.5. The van der Waals surface area contributed by atoms with Gasteiger partial charge < -0.3 is 10.1 Å². The molecular weight excluding hydrogens is 450 g/mol.